The third-order valence-corrected chi connectivity index (χ3v) is 1.82. The molecule has 0 atom stereocenters. The molecule has 1 heterocycles. The smallest absolute Gasteiger partial charge is 0.481 e. The number of aliphatic carboxylic acids is 1. The van der Waals surface area contributed by atoms with Gasteiger partial charge in [0.2, 0.25) is 0 Å². The van der Waals surface area contributed by atoms with E-state index in [0.717, 1.165) is 0 Å². The van der Waals surface area contributed by atoms with Crippen LogP contribution in [0.2, 0.25) is 0 Å². The molecule has 4 nitrogen and oxygen atoms in total. The number of alkyl halides is 2. The molecule has 6 heteroatoms. The first kappa shape index (κ1) is 9.70. The molecule has 0 spiro atoms. The van der Waals surface area contributed by atoms with E-state index in [1.54, 1.807) is 0 Å². The van der Waals surface area contributed by atoms with Crippen LogP contribution < -0.4 is 9.47 Å². The van der Waals surface area contributed by atoms with Gasteiger partial charge in [0.25, 0.3) is 0 Å². The van der Waals surface area contributed by atoms with Crippen molar-refractivity contribution in [2.75, 3.05) is 0 Å². The Labute approximate surface area is 83.0 Å². The SMILES string of the molecule is O=C(O)Cc1ccc2c(c1)OC(F)(F)O2. The quantitative estimate of drug-likeness (QED) is 0.816. The summed E-state index contributed by atoms with van der Waals surface area (Å²) in [4.78, 5) is 10.4. The first-order chi connectivity index (χ1) is 6.96. The molecule has 2 rings (SSSR count). The molecule has 0 bridgehead atoms. The van der Waals surface area contributed by atoms with Crippen LogP contribution in [0.15, 0.2) is 18.2 Å². The van der Waals surface area contributed by atoms with Gasteiger partial charge in [0.15, 0.2) is 11.5 Å². The summed E-state index contributed by atoms with van der Waals surface area (Å²) in [6.45, 7) is 0. The van der Waals surface area contributed by atoms with E-state index in [1.165, 1.54) is 18.2 Å². The Bertz CT molecular complexity index is 417. The van der Waals surface area contributed by atoms with Crippen molar-refractivity contribution in [1.29, 1.82) is 0 Å². The largest absolute Gasteiger partial charge is 0.586 e. The third kappa shape index (κ3) is 1.98. The number of carboxylic acid groups (broad SMARTS) is 1. The Balaban J connectivity index is 2.26. The van der Waals surface area contributed by atoms with E-state index in [1.807, 2.05) is 0 Å². The molecule has 1 aliphatic rings. The number of fused-ring (bicyclic) bond motifs is 1. The molecule has 0 radical (unpaired) electrons. The van der Waals surface area contributed by atoms with Crippen LogP contribution in [-0.2, 0) is 11.2 Å². The third-order valence-electron chi connectivity index (χ3n) is 1.82. The summed E-state index contributed by atoms with van der Waals surface area (Å²) in [6.07, 6.45) is -3.91. The molecular formula is C9H6F2O4. The van der Waals surface area contributed by atoms with E-state index in [-0.39, 0.29) is 17.9 Å². The van der Waals surface area contributed by atoms with Crippen LogP contribution >= 0.6 is 0 Å². The molecule has 0 unspecified atom stereocenters. The van der Waals surface area contributed by atoms with Gasteiger partial charge in [-0.2, -0.15) is 0 Å². The van der Waals surface area contributed by atoms with Crippen molar-refractivity contribution in [2.45, 2.75) is 12.7 Å². The highest BCUT2D eigenvalue weighted by Crippen LogP contribution is 2.41. The van der Waals surface area contributed by atoms with Crippen LogP contribution in [-0.4, -0.2) is 17.4 Å². The number of hydrogen-bond donors (Lipinski definition) is 1. The molecule has 1 aromatic rings. The van der Waals surface area contributed by atoms with E-state index in [4.69, 9.17) is 5.11 Å². The minimum Gasteiger partial charge on any atom is -0.481 e. The monoisotopic (exact) mass is 216 g/mol. The van der Waals surface area contributed by atoms with Gasteiger partial charge in [-0.1, -0.05) is 6.07 Å². The zero-order chi connectivity index (χ0) is 11.1. The highest BCUT2D eigenvalue weighted by molar-refractivity contribution is 5.70. The summed E-state index contributed by atoms with van der Waals surface area (Å²) in [7, 11) is 0. The van der Waals surface area contributed by atoms with Gasteiger partial charge in [-0.05, 0) is 17.7 Å². The maximum atomic E-state index is 12.6. The first-order valence-electron chi connectivity index (χ1n) is 4.07. The number of halogens is 2. The predicted molar refractivity (Wildman–Crippen MR) is 44.0 cm³/mol. The zero-order valence-corrected chi connectivity index (χ0v) is 7.37. The van der Waals surface area contributed by atoms with Gasteiger partial charge in [-0.25, -0.2) is 0 Å². The first-order valence-corrected chi connectivity index (χ1v) is 4.07. The lowest BCUT2D eigenvalue weighted by Gasteiger charge is -2.04. The Kier molecular flexibility index (Phi) is 1.99. The van der Waals surface area contributed by atoms with Crippen molar-refractivity contribution in [3.8, 4) is 11.5 Å². The van der Waals surface area contributed by atoms with Crippen molar-refractivity contribution in [1.82, 2.24) is 0 Å². The molecule has 0 fully saturated rings. The van der Waals surface area contributed by atoms with E-state index in [0.29, 0.717) is 5.56 Å². The maximum absolute atomic E-state index is 12.6. The topological polar surface area (TPSA) is 55.8 Å². The fourth-order valence-corrected chi connectivity index (χ4v) is 1.28. The Morgan fingerprint density at radius 2 is 2.00 bits per heavy atom. The van der Waals surface area contributed by atoms with Crippen molar-refractivity contribution < 1.29 is 28.2 Å². The number of rotatable bonds is 2. The summed E-state index contributed by atoms with van der Waals surface area (Å²) >= 11 is 0. The molecule has 1 N–H and O–H groups in total. The molecular weight excluding hydrogens is 210 g/mol. The zero-order valence-electron chi connectivity index (χ0n) is 7.37. The van der Waals surface area contributed by atoms with Crippen LogP contribution in [0.5, 0.6) is 11.5 Å². The van der Waals surface area contributed by atoms with Crippen LogP contribution in [0.1, 0.15) is 5.56 Å². The number of ether oxygens (including phenoxy) is 2. The summed E-state index contributed by atoms with van der Waals surface area (Å²) in [5, 5.41) is 8.50. The number of carbonyl (C=O) groups is 1. The second kappa shape index (κ2) is 3.08. The molecule has 1 aromatic carbocycles. The maximum Gasteiger partial charge on any atom is 0.586 e. The summed E-state index contributed by atoms with van der Waals surface area (Å²) in [6, 6.07) is 3.89. The average Bonchev–Trinajstić information content (AvgIpc) is 2.36. The van der Waals surface area contributed by atoms with Crippen LogP contribution in [0.25, 0.3) is 0 Å². The van der Waals surface area contributed by atoms with Gasteiger partial charge in [-0.15, -0.1) is 8.78 Å². The average molecular weight is 216 g/mol. The molecule has 0 saturated carbocycles. The van der Waals surface area contributed by atoms with Gasteiger partial charge < -0.3 is 14.6 Å². The van der Waals surface area contributed by atoms with Crippen LogP contribution in [0, 0.1) is 0 Å². The van der Waals surface area contributed by atoms with Crippen LogP contribution in [0.3, 0.4) is 0 Å². The molecule has 0 aromatic heterocycles. The van der Waals surface area contributed by atoms with Gasteiger partial charge in [0.1, 0.15) is 0 Å². The molecule has 80 valence electrons. The number of benzene rings is 1. The fourth-order valence-electron chi connectivity index (χ4n) is 1.28. The fraction of sp³-hybridized carbons (Fsp3) is 0.222. The van der Waals surface area contributed by atoms with Crippen molar-refractivity contribution in [2.24, 2.45) is 0 Å². The lowest BCUT2D eigenvalue weighted by molar-refractivity contribution is -0.286. The summed E-state index contributed by atoms with van der Waals surface area (Å²) in [5.41, 5.74) is 0.377. The highest BCUT2D eigenvalue weighted by Gasteiger charge is 2.43. The molecule has 15 heavy (non-hydrogen) atoms. The van der Waals surface area contributed by atoms with Crippen LogP contribution in [0.4, 0.5) is 8.78 Å². The molecule has 0 aliphatic carbocycles. The Hall–Kier alpha value is -1.85. The van der Waals surface area contributed by atoms with E-state index in [2.05, 4.69) is 9.47 Å². The van der Waals surface area contributed by atoms with Crippen molar-refractivity contribution in [3.05, 3.63) is 23.8 Å². The Morgan fingerprint density at radius 1 is 1.33 bits per heavy atom. The lowest BCUT2D eigenvalue weighted by Crippen LogP contribution is -2.25. The number of carboxylic acids is 1. The van der Waals surface area contributed by atoms with E-state index < -0.39 is 12.3 Å². The molecule has 0 saturated heterocycles. The summed E-state index contributed by atoms with van der Waals surface area (Å²) in [5.74, 6) is -1.27. The highest BCUT2D eigenvalue weighted by atomic mass is 19.3. The summed E-state index contributed by atoms with van der Waals surface area (Å²) < 4.78 is 33.5. The van der Waals surface area contributed by atoms with Gasteiger partial charge in [0, 0.05) is 0 Å². The molecule has 1 aliphatic heterocycles. The van der Waals surface area contributed by atoms with E-state index >= 15 is 0 Å². The standard InChI is InChI=1S/C9H6F2O4/c10-9(11)14-6-2-1-5(4-8(12)13)3-7(6)15-9/h1-3H,4H2,(H,12,13). The van der Waals surface area contributed by atoms with Crippen molar-refractivity contribution in [3.63, 3.8) is 0 Å². The Morgan fingerprint density at radius 3 is 2.67 bits per heavy atom. The number of hydrogen-bond acceptors (Lipinski definition) is 3. The second-order valence-electron chi connectivity index (χ2n) is 3.02. The minimum atomic E-state index is -3.66. The van der Waals surface area contributed by atoms with Gasteiger partial charge in [-0.3, -0.25) is 4.79 Å². The molecule has 0 amide bonds. The van der Waals surface area contributed by atoms with E-state index in [9.17, 15) is 13.6 Å². The van der Waals surface area contributed by atoms with Gasteiger partial charge in [0.05, 0.1) is 6.42 Å². The van der Waals surface area contributed by atoms with Crippen molar-refractivity contribution >= 4 is 5.97 Å². The minimum absolute atomic E-state index is 0.0888. The normalized spacial score (nSPS) is 16.4. The van der Waals surface area contributed by atoms with Gasteiger partial charge >= 0.3 is 12.3 Å². The lowest BCUT2D eigenvalue weighted by atomic mass is 10.1. The predicted octanol–water partition coefficient (Wildman–Crippen LogP) is 1.64. The second-order valence-corrected chi connectivity index (χ2v) is 3.02.